The maximum absolute atomic E-state index is 3.52. The van der Waals surface area contributed by atoms with Crippen LogP contribution in [0.1, 0.15) is 44.7 Å². The molecule has 1 aliphatic heterocycles. The molecule has 2 unspecified atom stereocenters. The van der Waals surface area contributed by atoms with Gasteiger partial charge >= 0.3 is 0 Å². The highest BCUT2D eigenvalue weighted by atomic mass is 32.2. The first-order chi connectivity index (χ1) is 10.1. The summed E-state index contributed by atoms with van der Waals surface area (Å²) in [6.07, 6.45) is 0. The molecule has 2 nitrogen and oxygen atoms in total. The van der Waals surface area contributed by atoms with Gasteiger partial charge in [0, 0.05) is 43.2 Å². The van der Waals surface area contributed by atoms with Crippen LogP contribution < -0.4 is 5.32 Å². The summed E-state index contributed by atoms with van der Waals surface area (Å²) in [7, 11) is 0. The number of benzene rings is 1. The number of nitrogens with one attached hydrogen (secondary N) is 1. The van der Waals surface area contributed by atoms with Gasteiger partial charge in [-0.1, -0.05) is 45.0 Å². The molecule has 1 fully saturated rings. The van der Waals surface area contributed by atoms with E-state index in [0.717, 1.165) is 13.1 Å². The van der Waals surface area contributed by atoms with Crippen molar-refractivity contribution in [2.75, 3.05) is 24.6 Å². The van der Waals surface area contributed by atoms with Crippen molar-refractivity contribution >= 4 is 11.8 Å². The summed E-state index contributed by atoms with van der Waals surface area (Å²) in [6.45, 7) is 12.4. The summed E-state index contributed by atoms with van der Waals surface area (Å²) in [4.78, 5) is 2.61. The molecule has 1 aromatic carbocycles. The van der Waals surface area contributed by atoms with E-state index < -0.39 is 0 Å². The van der Waals surface area contributed by atoms with Crippen LogP contribution >= 0.6 is 11.8 Å². The molecular weight excluding hydrogens is 276 g/mol. The lowest BCUT2D eigenvalue weighted by molar-refractivity contribution is 0.224. The third-order valence-corrected chi connectivity index (χ3v) is 5.46. The molecule has 1 N–H and O–H groups in total. The average molecular weight is 307 g/mol. The molecule has 21 heavy (non-hydrogen) atoms. The minimum absolute atomic E-state index is 0.560. The second kappa shape index (κ2) is 8.21. The Bertz CT molecular complexity index is 416. The lowest BCUT2D eigenvalue weighted by atomic mass is 9.99. The Hall–Kier alpha value is -0.510. The van der Waals surface area contributed by atoms with Crippen molar-refractivity contribution < 1.29 is 0 Å². The molecule has 118 valence electrons. The first-order valence-corrected chi connectivity index (χ1v) is 9.35. The van der Waals surface area contributed by atoms with Gasteiger partial charge in [0.2, 0.25) is 0 Å². The minimum atomic E-state index is 0.560. The molecule has 0 amide bonds. The van der Waals surface area contributed by atoms with E-state index in [-0.39, 0.29) is 0 Å². The first-order valence-electron chi connectivity index (χ1n) is 8.20. The Balaban J connectivity index is 1.89. The minimum Gasteiger partial charge on any atom is -0.314 e. The zero-order valence-corrected chi connectivity index (χ0v) is 14.7. The third-order valence-electron chi connectivity index (χ3n) is 4.27. The molecule has 3 heteroatoms. The fraction of sp³-hybridized carbons (Fsp3) is 0.667. The van der Waals surface area contributed by atoms with Crippen molar-refractivity contribution in [2.24, 2.45) is 0 Å². The van der Waals surface area contributed by atoms with Gasteiger partial charge in [-0.25, -0.2) is 0 Å². The molecular formula is C18H30N2S. The van der Waals surface area contributed by atoms with Crippen LogP contribution in [0.5, 0.6) is 0 Å². The standard InChI is InChI=1S/C18H30N2S/c1-14(2)19-11-15(3)18-7-5-17(6-8-18)12-20-9-10-21-13-16(20)4/h5-8,14-16,19H,9-13H2,1-4H3. The number of thioether (sulfide) groups is 1. The molecule has 0 bridgehead atoms. The van der Waals surface area contributed by atoms with E-state index in [1.165, 1.54) is 29.2 Å². The van der Waals surface area contributed by atoms with Crippen LogP contribution in [0.25, 0.3) is 0 Å². The predicted molar refractivity (Wildman–Crippen MR) is 95.2 cm³/mol. The molecule has 1 aromatic rings. The molecule has 2 atom stereocenters. The Kier molecular flexibility index (Phi) is 6.59. The third kappa shape index (κ3) is 5.32. The summed E-state index contributed by atoms with van der Waals surface area (Å²) < 4.78 is 0. The van der Waals surface area contributed by atoms with Crippen LogP contribution in [0.15, 0.2) is 24.3 Å². The van der Waals surface area contributed by atoms with Gasteiger partial charge in [0.25, 0.3) is 0 Å². The van der Waals surface area contributed by atoms with Gasteiger partial charge < -0.3 is 5.32 Å². The first kappa shape index (κ1) is 16.9. The maximum Gasteiger partial charge on any atom is 0.0237 e. The second-order valence-corrected chi connectivity index (χ2v) is 7.75. The molecule has 1 heterocycles. The normalized spacial score (nSPS) is 21.7. The monoisotopic (exact) mass is 306 g/mol. The highest BCUT2D eigenvalue weighted by molar-refractivity contribution is 7.99. The van der Waals surface area contributed by atoms with Crippen molar-refractivity contribution in [3.8, 4) is 0 Å². The maximum atomic E-state index is 3.52. The second-order valence-electron chi connectivity index (χ2n) is 6.60. The summed E-state index contributed by atoms with van der Waals surface area (Å²) in [5.41, 5.74) is 2.88. The highest BCUT2D eigenvalue weighted by Gasteiger charge is 2.18. The van der Waals surface area contributed by atoms with Crippen molar-refractivity contribution in [3.05, 3.63) is 35.4 Å². The van der Waals surface area contributed by atoms with Gasteiger partial charge in [0.05, 0.1) is 0 Å². The Morgan fingerprint density at radius 2 is 1.95 bits per heavy atom. The molecule has 0 saturated carbocycles. The van der Waals surface area contributed by atoms with Crippen molar-refractivity contribution in [1.29, 1.82) is 0 Å². The van der Waals surface area contributed by atoms with Crippen LogP contribution in [0.3, 0.4) is 0 Å². The molecule has 0 aliphatic carbocycles. The van der Waals surface area contributed by atoms with E-state index in [1.54, 1.807) is 0 Å². The fourth-order valence-electron chi connectivity index (χ4n) is 2.71. The Labute approximate surface area is 134 Å². The molecule has 2 rings (SSSR count). The van der Waals surface area contributed by atoms with E-state index in [4.69, 9.17) is 0 Å². The van der Waals surface area contributed by atoms with Gasteiger partial charge in [0.1, 0.15) is 0 Å². The molecule has 0 radical (unpaired) electrons. The van der Waals surface area contributed by atoms with Crippen LogP contribution in [-0.2, 0) is 6.54 Å². The number of hydrogen-bond donors (Lipinski definition) is 1. The van der Waals surface area contributed by atoms with Crippen molar-refractivity contribution in [2.45, 2.75) is 52.2 Å². The summed E-state index contributed by atoms with van der Waals surface area (Å²) in [5, 5.41) is 3.52. The van der Waals surface area contributed by atoms with Crippen LogP contribution in [0, 0.1) is 0 Å². The highest BCUT2D eigenvalue weighted by Crippen LogP contribution is 2.20. The van der Waals surface area contributed by atoms with Gasteiger partial charge in [-0.3, -0.25) is 4.90 Å². The Morgan fingerprint density at radius 3 is 2.57 bits per heavy atom. The summed E-state index contributed by atoms with van der Waals surface area (Å²) in [5.74, 6) is 3.13. The molecule has 0 spiro atoms. The van der Waals surface area contributed by atoms with E-state index >= 15 is 0 Å². The number of hydrogen-bond acceptors (Lipinski definition) is 3. The van der Waals surface area contributed by atoms with Gasteiger partial charge in [-0.2, -0.15) is 11.8 Å². The molecule has 0 aromatic heterocycles. The molecule has 1 aliphatic rings. The molecule has 1 saturated heterocycles. The van der Waals surface area contributed by atoms with Crippen molar-refractivity contribution in [3.63, 3.8) is 0 Å². The lowest BCUT2D eigenvalue weighted by Crippen LogP contribution is -2.39. The summed E-state index contributed by atoms with van der Waals surface area (Å²) >= 11 is 2.08. The average Bonchev–Trinajstić information content (AvgIpc) is 2.48. The van der Waals surface area contributed by atoms with Crippen molar-refractivity contribution in [1.82, 2.24) is 10.2 Å². The number of rotatable bonds is 6. The fourth-order valence-corrected chi connectivity index (χ4v) is 3.80. The number of nitrogens with zero attached hydrogens (tertiary/aromatic N) is 1. The zero-order chi connectivity index (χ0) is 15.2. The van der Waals surface area contributed by atoms with E-state index in [9.17, 15) is 0 Å². The van der Waals surface area contributed by atoms with E-state index in [0.29, 0.717) is 18.0 Å². The van der Waals surface area contributed by atoms with Crippen LogP contribution in [0.2, 0.25) is 0 Å². The Morgan fingerprint density at radius 1 is 1.24 bits per heavy atom. The largest absolute Gasteiger partial charge is 0.314 e. The SMILES string of the molecule is CC(C)NCC(C)c1ccc(CN2CCSCC2C)cc1. The smallest absolute Gasteiger partial charge is 0.0237 e. The van der Waals surface area contributed by atoms with Gasteiger partial charge in [0.15, 0.2) is 0 Å². The predicted octanol–water partition coefficient (Wildman–Crippen LogP) is 3.73. The van der Waals surface area contributed by atoms with E-state index in [1.807, 2.05) is 0 Å². The quantitative estimate of drug-likeness (QED) is 0.862. The van der Waals surface area contributed by atoms with Gasteiger partial charge in [-0.15, -0.1) is 0 Å². The summed E-state index contributed by atoms with van der Waals surface area (Å²) in [6, 6.07) is 10.5. The van der Waals surface area contributed by atoms with Gasteiger partial charge in [-0.05, 0) is 24.0 Å². The topological polar surface area (TPSA) is 15.3 Å². The van der Waals surface area contributed by atoms with Crippen LogP contribution in [-0.4, -0.2) is 41.6 Å². The lowest BCUT2D eigenvalue weighted by Gasteiger charge is -2.33. The zero-order valence-electron chi connectivity index (χ0n) is 13.9. The van der Waals surface area contributed by atoms with Crippen LogP contribution in [0.4, 0.5) is 0 Å². The van der Waals surface area contributed by atoms with E-state index in [2.05, 4.69) is 73.9 Å².